The van der Waals surface area contributed by atoms with E-state index in [0.29, 0.717) is 34.7 Å². The highest BCUT2D eigenvalue weighted by atomic mass is 79.9. The van der Waals surface area contributed by atoms with E-state index in [9.17, 15) is 14.7 Å². The van der Waals surface area contributed by atoms with Crippen molar-refractivity contribution in [2.24, 2.45) is 11.8 Å². The summed E-state index contributed by atoms with van der Waals surface area (Å²) in [5.41, 5.74) is -1.23. The molecule has 2 N–H and O–H groups in total. The zero-order valence-corrected chi connectivity index (χ0v) is 21.0. The molecule has 2 aromatic rings. The fraction of sp³-hybridized carbons (Fsp3) is 0.625. The second-order valence-corrected chi connectivity index (χ2v) is 10.0. The molecule has 3 saturated heterocycles. The standard InChI is InChI=1S/C24H31N3O6.BrH/c1-16-12-21(26-33-16)25-22(28)14-27-9-6-17(7-10-27)20(13-27)32-23(29)24(30,18-4-2-3-5-18)19-8-11-31-15-19;/h8,11-12,15,17-18,20,30H,2-7,9-10,13-14H2,1H3;1H/t17?,20?,24-,27?;/m1./s1. The number of aliphatic hydroxyl groups is 1. The molecule has 4 fully saturated rings. The van der Waals surface area contributed by atoms with Crippen molar-refractivity contribution in [2.45, 2.75) is 57.2 Å². The minimum atomic E-state index is -1.69. The zero-order chi connectivity index (χ0) is 23.1. The van der Waals surface area contributed by atoms with Crippen LogP contribution in [0, 0.1) is 18.8 Å². The molecule has 2 aromatic heterocycles. The van der Waals surface area contributed by atoms with Crippen LogP contribution >= 0.6 is 0 Å². The van der Waals surface area contributed by atoms with Crippen molar-refractivity contribution in [1.82, 2.24) is 5.16 Å². The maximum absolute atomic E-state index is 13.4. The molecule has 34 heavy (non-hydrogen) atoms. The molecule has 5 heterocycles. The van der Waals surface area contributed by atoms with Crippen LogP contribution in [0.1, 0.15) is 49.8 Å². The van der Waals surface area contributed by atoms with Gasteiger partial charge >= 0.3 is 5.97 Å². The summed E-state index contributed by atoms with van der Waals surface area (Å²) in [6, 6.07) is 3.34. The normalized spacial score (nSPS) is 28.2. The number of carbonyl (C=O) groups is 2. The minimum Gasteiger partial charge on any atom is -1.00 e. The summed E-state index contributed by atoms with van der Waals surface area (Å²) < 4.78 is 16.8. The van der Waals surface area contributed by atoms with Crippen molar-refractivity contribution < 1.29 is 49.8 Å². The Hall–Kier alpha value is -2.17. The Bertz CT molecular complexity index is 994. The number of carbonyl (C=O) groups excluding carboxylic acids is 2. The van der Waals surface area contributed by atoms with Gasteiger partial charge in [0.2, 0.25) is 0 Å². The van der Waals surface area contributed by atoms with Crippen LogP contribution in [0.15, 0.2) is 33.6 Å². The van der Waals surface area contributed by atoms with Crippen LogP contribution in [-0.4, -0.2) is 58.9 Å². The number of ether oxygens (including phenoxy) is 1. The Balaban J connectivity index is 0.00000274. The second-order valence-electron chi connectivity index (χ2n) is 10.0. The molecule has 2 atom stereocenters. The van der Waals surface area contributed by atoms with E-state index in [1.807, 2.05) is 0 Å². The van der Waals surface area contributed by atoms with Crippen molar-refractivity contribution in [2.75, 3.05) is 31.5 Å². The lowest BCUT2D eigenvalue weighted by atomic mass is 9.80. The number of amides is 1. The van der Waals surface area contributed by atoms with Gasteiger partial charge in [-0.1, -0.05) is 18.0 Å². The first-order chi connectivity index (χ1) is 15.9. The largest absolute Gasteiger partial charge is 1.00 e. The van der Waals surface area contributed by atoms with Crippen LogP contribution in [0.5, 0.6) is 0 Å². The van der Waals surface area contributed by atoms with Gasteiger partial charge < -0.3 is 45.6 Å². The Morgan fingerprint density at radius 2 is 2.00 bits per heavy atom. The van der Waals surface area contributed by atoms with E-state index in [-0.39, 0.29) is 40.8 Å². The van der Waals surface area contributed by atoms with Gasteiger partial charge in [-0.25, -0.2) is 4.79 Å². The summed E-state index contributed by atoms with van der Waals surface area (Å²) in [5, 5.41) is 18.2. The number of nitrogens with zero attached hydrogens (tertiary/aromatic N) is 2. The molecule has 0 aromatic carbocycles. The number of quaternary nitrogens is 1. The maximum Gasteiger partial charge on any atom is 0.343 e. The van der Waals surface area contributed by atoms with Crippen molar-refractivity contribution in [1.29, 1.82) is 0 Å². The summed E-state index contributed by atoms with van der Waals surface area (Å²) in [6.07, 6.45) is 7.94. The number of anilines is 1. The van der Waals surface area contributed by atoms with Crippen molar-refractivity contribution in [3.05, 3.63) is 36.0 Å². The van der Waals surface area contributed by atoms with E-state index in [0.717, 1.165) is 51.6 Å². The Kier molecular flexibility index (Phi) is 7.21. The average molecular weight is 538 g/mol. The number of hydrogen-bond donors (Lipinski definition) is 2. The number of rotatable bonds is 7. The Labute approximate surface area is 209 Å². The number of furan rings is 1. The van der Waals surface area contributed by atoms with Gasteiger partial charge in [0.05, 0.1) is 25.6 Å². The molecule has 1 saturated carbocycles. The molecule has 0 radical (unpaired) electrons. The summed E-state index contributed by atoms with van der Waals surface area (Å²) in [7, 11) is 0. The average Bonchev–Trinajstić information content (AvgIpc) is 3.57. The first kappa shape index (κ1) is 24.9. The predicted octanol–water partition coefficient (Wildman–Crippen LogP) is -0.251. The number of aryl methyl sites for hydroxylation is 1. The highest BCUT2D eigenvalue weighted by molar-refractivity contribution is 5.90. The number of fused-ring (bicyclic) bond motifs is 3. The molecule has 1 amide bonds. The van der Waals surface area contributed by atoms with Gasteiger partial charge in [-0.05, 0) is 25.8 Å². The summed E-state index contributed by atoms with van der Waals surface area (Å²) >= 11 is 0. The monoisotopic (exact) mass is 537 g/mol. The summed E-state index contributed by atoms with van der Waals surface area (Å²) in [6.45, 7) is 4.39. The predicted molar refractivity (Wildman–Crippen MR) is 117 cm³/mol. The topological polar surface area (TPSA) is 115 Å². The lowest BCUT2D eigenvalue weighted by Crippen LogP contribution is -3.00. The Morgan fingerprint density at radius 3 is 2.62 bits per heavy atom. The fourth-order valence-corrected chi connectivity index (χ4v) is 6.06. The Morgan fingerprint density at radius 1 is 1.26 bits per heavy atom. The number of esters is 1. The lowest BCUT2D eigenvalue weighted by molar-refractivity contribution is -0.939. The molecule has 0 spiro atoms. The molecule has 4 aliphatic rings. The molecule has 1 unspecified atom stereocenters. The first-order valence-corrected chi connectivity index (χ1v) is 11.9. The van der Waals surface area contributed by atoms with E-state index >= 15 is 0 Å². The lowest BCUT2D eigenvalue weighted by Gasteiger charge is -2.51. The quantitative estimate of drug-likeness (QED) is 0.369. The molecule has 2 bridgehead atoms. The minimum absolute atomic E-state index is 0. The SMILES string of the molecule is Cc1cc(NC(=O)C[N+]23CCC(CC2)C(OC(=O)[C@](O)(c2ccoc2)C2CCCC2)C3)no1.[Br-]. The van der Waals surface area contributed by atoms with Crippen LogP contribution in [0.25, 0.3) is 0 Å². The smallest absolute Gasteiger partial charge is 0.343 e. The van der Waals surface area contributed by atoms with E-state index in [1.54, 1.807) is 19.1 Å². The van der Waals surface area contributed by atoms with E-state index < -0.39 is 11.6 Å². The second kappa shape index (κ2) is 9.83. The van der Waals surface area contributed by atoms with E-state index in [4.69, 9.17) is 13.7 Å². The molecular weight excluding hydrogens is 506 g/mol. The van der Waals surface area contributed by atoms with Gasteiger partial charge in [-0.15, -0.1) is 0 Å². The maximum atomic E-state index is 13.4. The van der Waals surface area contributed by atoms with Gasteiger partial charge in [0.15, 0.2) is 24.1 Å². The number of nitrogens with one attached hydrogen (secondary N) is 1. The highest BCUT2D eigenvalue weighted by Crippen LogP contribution is 2.43. The third kappa shape index (κ3) is 4.67. The van der Waals surface area contributed by atoms with Crippen LogP contribution in [-0.2, 0) is 19.9 Å². The molecule has 1 aliphatic carbocycles. The third-order valence-corrected chi connectivity index (χ3v) is 7.89. The molecule has 3 aliphatic heterocycles. The number of aromatic nitrogens is 1. The van der Waals surface area contributed by atoms with Gasteiger partial charge in [0, 0.05) is 36.3 Å². The molecular formula is C24H32BrN3O6. The molecule has 9 nitrogen and oxygen atoms in total. The van der Waals surface area contributed by atoms with Gasteiger partial charge in [0.25, 0.3) is 5.91 Å². The summed E-state index contributed by atoms with van der Waals surface area (Å²) in [5.74, 6) is 0.406. The number of piperidine rings is 3. The molecule has 186 valence electrons. The van der Waals surface area contributed by atoms with Crippen LogP contribution in [0.2, 0.25) is 0 Å². The zero-order valence-electron chi connectivity index (χ0n) is 19.4. The van der Waals surface area contributed by atoms with Crippen molar-refractivity contribution >= 4 is 17.7 Å². The van der Waals surface area contributed by atoms with Gasteiger partial charge in [-0.2, -0.15) is 0 Å². The summed E-state index contributed by atoms with van der Waals surface area (Å²) in [4.78, 5) is 26.2. The third-order valence-electron chi connectivity index (χ3n) is 7.89. The van der Waals surface area contributed by atoms with Crippen LogP contribution in [0.4, 0.5) is 5.82 Å². The van der Waals surface area contributed by atoms with E-state index in [1.165, 1.54) is 12.5 Å². The first-order valence-electron chi connectivity index (χ1n) is 11.9. The molecule has 6 rings (SSSR count). The van der Waals surface area contributed by atoms with Gasteiger partial charge in [-0.3, -0.25) is 4.79 Å². The van der Waals surface area contributed by atoms with Crippen LogP contribution in [0.3, 0.4) is 0 Å². The van der Waals surface area contributed by atoms with Crippen molar-refractivity contribution in [3.63, 3.8) is 0 Å². The number of halogens is 1. The number of hydrogen-bond acceptors (Lipinski definition) is 7. The fourth-order valence-electron chi connectivity index (χ4n) is 6.06. The van der Waals surface area contributed by atoms with Crippen LogP contribution < -0.4 is 22.3 Å². The van der Waals surface area contributed by atoms with Gasteiger partial charge in [0.1, 0.15) is 12.3 Å². The van der Waals surface area contributed by atoms with E-state index in [2.05, 4.69) is 10.5 Å². The highest BCUT2D eigenvalue weighted by Gasteiger charge is 2.53. The van der Waals surface area contributed by atoms with Crippen molar-refractivity contribution in [3.8, 4) is 0 Å². The molecule has 10 heteroatoms.